The quantitative estimate of drug-likeness (QED) is 0.299. The van der Waals surface area contributed by atoms with E-state index in [2.05, 4.69) is 51.7 Å². The Labute approximate surface area is 169 Å². The Kier molecular flexibility index (Phi) is 8.49. The van der Waals surface area contributed by atoms with Gasteiger partial charge in [-0.25, -0.2) is 0 Å². The van der Waals surface area contributed by atoms with Gasteiger partial charge in [0.25, 0.3) is 0 Å². The molecule has 0 radical (unpaired) electrons. The summed E-state index contributed by atoms with van der Waals surface area (Å²) in [6, 6.07) is 8.76. The second-order valence-electron chi connectivity index (χ2n) is 7.36. The topological polar surface area (TPSA) is 39.7 Å². The first-order valence-electron chi connectivity index (χ1n) is 9.51. The second kappa shape index (κ2) is 10.4. The lowest BCUT2D eigenvalue weighted by Gasteiger charge is -2.31. The fourth-order valence-corrected chi connectivity index (χ4v) is 3.78. The molecule has 3 rings (SSSR count). The predicted octanol–water partition coefficient (Wildman–Crippen LogP) is 3.23. The molecule has 1 aromatic carbocycles. The molecule has 1 unspecified atom stereocenters. The van der Waals surface area contributed by atoms with Crippen molar-refractivity contribution in [3.05, 3.63) is 35.4 Å². The van der Waals surface area contributed by atoms with E-state index >= 15 is 0 Å². The Morgan fingerprint density at radius 2 is 1.96 bits per heavy atom. The summed E-state index contributed by atoms with van der Waals surface area (Å²) in [5.41, 5.74) is 3.00. The van der Waals surface area contributed by atoms with Gasteiger partial charge in [-0.3, -0.25) is 4.99 Å². The number of nitrogens with one attached hydrogen (secondary N) is 2. The Morgan fingerprint density at radius 3 is 2.68 bits per heavy atom. The number of benzene rings is 1. The highest BCUT2D eigenvalue weighted by atomic mass is 127. The number of hydrogen-bond donors (Lipinski definition) is 2. The zero-order valence-electron chi connectivity index (χ0n) is 15.6. The molecule has 0 saturated carbocycles. The first kappa shape index (κ1) is 20.5. The summed E-state index contributed by atoms with van der Waals surface area (Å²) in [4.78, 5) is 6.95. The number of fused-ring (bicyclic) bond motifs is 1. The maximum absolute atomic E-state index is 4.35. The summed E-state index contributed by atoms with van der Waals surface area (Å²) >= 11 is 0. The lowest BCUT2D eigenvalue weighted by Crippen LogP contribution is -2.42. The molecule has 25 heavy (non-hydrogen) atoms. The highest BCUT2D eigenvalue weighted by molar-refractivity contribution is 14.0. The number of nitrogens with zero attached hydrogens (tertiary/aromatic N) is 2. The van der Waals surface area contributed by atoms with Crippen molar-refractivity contribution < 1.29 is 0 Å². The van der Waals surface area contributed by atoms with Gasteiger partial charge in [0.2, 0.25) is 0 Å². The van der Waals surface area contributed by atoms with E-state index in [9.17, 15) is 0 Å². The van der Waals surface area contributed by atoms with E-state index < -0.39 is 0 Å². The summed E-state index contributed by atoms with van der Waals surface area (Å²) in [7, 11) is 1.86. The van der Waals surface area contributed by atoms with Crippen molar-refractivity contribution >= 4 is 29.9 Å². The molecular weight excluding hydrogens is 423 g/mol. The number of rotatable bonds is 6. The van der Waals surface area contributed by atoms with Crippen LogP contribution in [0.2, 0.25) is 0 Å². The summed E-state index contributed by atoms with van der Waals surface area (Å²) in [5, 5.41) is 6.94. The van der Waals surface area contributed by atoms with E-state index in [4.69, 9.17) is 0 Å². The summed E-state index contributed by atoms with van der Waals surface area (Å²) < 4.78 is 0. The van der Waals surface area contributed by atoms with Gasteiger partial charge in [0.15, 0.2) is 5.96 Å². The standard InChI is InChI=1S/C20H32N4.HI/c1-16-8-12-24(13-9-16)11-5-10-22-20(21-2)23-15-18-14-17-6-3-4-7-19(17)18;/h3-4,6-7,16,18H,5,8-15H2,1-2H3,(H2,21,22,23);1H. The van der Waals surface area contributed by atoms with Gasteiger partial charge in [0, 0.05) is 26.1 Å². The molecule has 0 amide bonds. The molecule has 5 heteroatoms. The minimum atomic E-state index is 0. The third kappa shape index (κ3) is 5.84. The van der Waals surface area contributed by atoms with Crippen LogP contribution in [0.1, 0.15) is 43.2 Å². The van der Waals surface area contributed by atoms with Gasteiger partial charge in [-0.1, -0.05) is 31.2 Å². The van der Waals surface area contributed by atoms with Crippen LogP contribution in [0.4, 0.5) is 0 Å². The van der Waals surface area contributed by atoms with Crippen LogP contribution in [-0.4, -0.2) is 50.6 Å². The number of guanidine groups is 1. The number of hydrogen-bond acceptors (Lipinski definition) is 2. The maximum Gasteiger partial charge on any atom is 0.190 e. The van der Waals surface area contributed by atoms with Crippen LogP contribution in [-0.2, 0) is 6.42 Å². The van der Waals surface area contributed by atoms with E-state index in [1.807, 2.05) is 7.05 Å². The Hall–Kier alpha value is -0.820. The molecule has 0 aromatic heterocycles. The summed E-state index contributed by atoms with van der Waals surface area (Å²) in [6.45, 7) is 8.08. The number of piperidine rings is 1. The smallest absolute Gasteiger partial charge is 0.190 e. The first-order valence-corrected chi connectivity index (χ1v) is 9.51. The zero-order valence-corrected chi connectivity index (χ0v) is 18.0. The van der Waals surface area contributed by atoms with Crippen LogP contribution in [0.5, 0.6) is 0 Å². The molecule has 0 spiro atoms. The molecule has 2 aliphatic rings. The van der Waals surface area contributed by atoms with Crippen molar-refractivity contribution in [2.75, 3.05) is 39.8 Å². The first-order chi connectivity index (χ1) is 11.8. The molecule has 1 saturated heterocycles. The monoisotopic (exact) mass is 456 g/mol. The van der Waals surface area contributed by atoms with Crippen molar-refractivity contribution in [1.29, 1.82) is 0 Å². The Bertz CT molecular complexity index is 552. The maximum atomic E-state index is 4.35. The molecule has 1 aromatic rings. The van der Waals surface area contributed by atoms with Gasteiger partial charge in [0.05, 0.1) is 0 Å². The van der Waals surface area contributed by atoms with E-state index in [1.165, 1.54) is 56.4 Å². The van der Waals surface area contributed by atoms with Crippen molar-refractivity contribution in [3.8, 4) is 0 Å². The van der Waals surface area contributed by atoms with Crippen LogP contribution < -0.4 is 10.6 Å². The van der Waals surface area contributed by atoms with E-state index in [0.29, 0.717) is 5.92 Å². The normalized spacial score (nSPS) is 21.0. The third-order valence-corrected chi connectivity index (χ3v) is 5.52. The van der Waals surface area contributed by atoms with Crippen LogP contribution in [0.3, 0.4) is 0 Å². The number of aliphatic imine (C=N–C) groups is 1. The van der Waals surface area contributed by atoms with Crippen molar-refractivity contribution in [3.63, 3.8) is 0 Å². The minimum Gasteiger partial charge on any atom is -0.356 e. The average molecular weight is 456 g/mol. The molecule has 2 N–H and O–H groups in total. The van der Waals surface area contributed by atoms with Crippen LogP contribution in [0.25, 0.3) is 0 Å². The lowest BCUT2D eigenvalue weighted by atomic mass is 9.78. The molecule has 1 aliphatic carbocycles. The van der Waals surface area contributed by atoms with Gasteiger partial charge >= 0.3 is 0 Å². The SMILES string of the molecule is CN=C(NCCCN1CCC(C)CC1)NCC1Cc2ccccc21.I. The lowest BCUT2D eigenvalue weighted by molar-refractivity contribution is 0.191. The van der Waals surface area contributed by atoms with Crippen molar-refractivity contribution in [1.82, 2.24) is 15.5 Å². The molecular formula is C20H33IN4. The molecule has 1 aliphatic heterocycles. The van der Waals surface area contributed by atoms with Gasteiger partial charge < -0.3 is 15.5 Å². The molecule has 140 valence electrons. The molecule has 1 heterocycles. The highest BCUT2D eigenvalue weighted by Gasteiger charge is 2.25. The fraction of sp³-hybridized carbons (Fsp3) is 0.650. The largest absolute Gasteiger partial charge is 0.356 e. The average Bonchev–Trinajstić information content (AvgIpc) is 2.59. The van der Waals surface area contributed by atoms with Crippen LogP contribution >= 0.6 is 24.0 Å². The van der Waals surface area contributed by atoms with E-state index in [-0.39, 0.29) is 24.0 Å². The number of likely N-dealkylation sites (tertiary alicyclic amines) is 1. The van der Waals surface area contributed by atoms with Gasteiger partial charge in [-0.2, -0.15) is 0 Å². The summed E-state index contributed by atoms with van der Waals surface area (Å²) in [5.74, 6) is 2.49. The summed E-state index contributed by atoms with van der Waals surface area (Å²) in [6.07, 6.45) is 5.09. The molecule has 1 fully saturated rings. The van der Waals surface area contributed by atoms with Crippen LogP contribution in [0.15, 0.2) is 29.3 Å². The Morgan fingerprint density at radius 1 is 1.20 bits per heavy atom. The minimum absolute atomic E-state index is 0. The molecule has 1 atom stereocenters. The zero-order chi connectivity index (χ0) is 16.8. The highest BCUT2D eigenvalue weighted by Crippen LogP contribution is 2.33. The van der Waals surface area contributed by atoms with Crippen LogP contribution in [0, 0.1) is 5.92 Å². The fourth-order valence-electron chi connectivity index (χ4n) is 3.78. The van der Waals surface area contributed by atoms with Crippen molar-refractivity contribution in [2.24, 2.45) is 10.9 Å². The van der Waals surface area contributed by atoms with E-state index in [0.717, 1.165) is 25.0 Å². The van der Waals surface area contributed by atoms with E-state index in [1.54, 1.807) is 0 Å². The predicted molar refractivity (Wildman–Crippen MR) is 117 cm³/mol. The molecule has 4 nitrogen and oxygen atoms in total. The van der Waals surface area contributed by atoms with Gasteiger partial charge in [-0.05, 0) is 62.4 Å². The Balaban J connectivity index is 0.00000225. The van der Waals surface area contributed by atoms with Gasteiger partial charge in [-0.15, -0.1) is 24.0 Å². The van der Waals surface area contributed by atoms with Gasteiger partial charge in [0.1, 0.15) is 0 Å². The third-order valence-electron chi connectivity index (χ3n) is 5.52. The number of halogens is 1. The van der Waals surface area contributed by atoms with Crippen molar-refractivity contribution in [2.45, 2.75) is 38.5 Å². The second-order valence-corrected chi connectivity index (χ2v) is 7.36. The molecule has 0 bridgehead atoms.